The molecule has 0 amide bonds. The van der Waals surface area contributed by atoms with E-state index in [9.17, 15) is 4.79 Å². The second-order valence-corrected chi connectivity index (χ2v) is 3.69. The third-order valence-corrected chi connectivity index (χ3v) is 2.53. The Labute approximate surface area is 90.8 Å². The van der Waals surface area contributed by atoms with Gasteiger partial charge in [0.15, 0.2) is 0 Å². The van der Waals surface area contributed by atoms with E-state index in [2.05, 4.69) is 0 Å². The summed E-state index contributed by atoms with van der Waals surface area (Å²) >= 11 is 0. The molecule has 2 rings (SSSR count). The number of ketones is 1. The molecule has 0 saturated heterocycles. The van der Waals surface area contributed by atoms with Crippen LogP contribution in [0, 0.1) is 6.92 Å². The lowest BCUT2D eigenvalue weighted by atomic mass is 9.83. The Hall–Kier alpha value is -1.11. The van der Waals surface area contributed by atoms with Gasteiger partial charge in [0.25, 0.3) is 0 Å². The number of benzene rings is 1. The Morgan fingerprint density at radius 2 is 2.07 bits per heavy atom. The van der Waals surface area contributed by atoms with Crippen LogP contribution >= 0.6 is 0 Å². The summed E-state index contributed by atoms with van der Waals surface area (Å²) in [6.45, 7) is 1.95. The molecular weight excluding hydrogens is 172 g/mol. The molecule has 0 N–H and O–H groups in total. The Kier molecular flexibility index (Phi) is 1.61. The Balaban J connectivity index is 2.40. The molecule has 1 unspecified atom stereocenters. The third kappa shape index (κ3) is 2.03. The summed E-state index contributed by atoms with van der Waals surface area (Å²) in [5.74, 6) is -1.19. The zero-order valence-electron chi connectivity index (χ0n) is 12.2. The van der Waals surface area contributed by atoms with E-state index in [1.54, 1.807) is 0 Å². The van der Waals surface area contributed by atoms with Crippen molar-refractivity contribution in [2.75, 3.05) is 0 Å². The third-order valence-electron chi connectivity index (χ3n) is 2.53. The first-order chi connectivity index (χ1) is 8.26. The van der Waals surface area contributed by atoms with Gasteiger partial charge in [0.05, 0.1) is 0 Å². The maximum atomic E-state index is 11.5. The average Bonchev–Trinajstić information content (AvgIpc) is 2.29. The fourth-order valence-electron chi connectivity index (χ4n) is 1.63. The molecule has 1 aromatic rings. The van der Waals surface area contributed by atoms with Crippen molar-refractivity contribution in [3.05, 3.63) is 35.4 Å². The predicted molar refractivity (Wildman–Crippen MR) is 57.4 cm³/mol. The molecule has 0 bridgehead atoms. The van der Waals surface area contributed by atoms with E-state index < -0.39 is 24.4 Å². The highest BCUT2D eigenvalue weighted by Gasteiger charge is 2.19. The standard InChI is InChI=1S/C13H16O/c1-10-2-4-11(5-3-10)12-6-8-13(14)9-7-12/h2-5,12H,6-9H2,1H3/i6D2,8D2. The number of carbonyl (C=O) groups is 1. The van der Waals surface area contributed by atoms with Crippen LogP contribution in [0.25, 0.3) is 0 Å². The number of Topliss-reactive ketones (excluding diaryl/α,β-unsaturated/α-hetero) is 1. The fourth-order valence-corrected chi connectivity index (χ4v) is 1.63. The lowest BCUT2D eigenvalue weighted by Gasteiger charge is -2.21. The molecule has 1 heteroatoms. The maximum Gasteiger partial charge on any atom is 0.132 e. The van der Waals surface area contributed by atoms with Gasteiger partial charge in [0.1, 0.15) is 5.78 Å². The lowest BCUT2D eigenvalue weighted by Crippen LogP contribution is -2.12. The molecule has 1 nitrogen and oxygen atoms in total. The molecule has 0 radical (unpaired) electrons. The number of hydrogen-bond donors (Lipinski definition) is 0. The van der Waals surface area contributed by atoms with Gasteiger partial charge in [-0.3, -0.25) is 4.79 Å². The fraction of sp³-hybridized carbons (Fsp3) is 0.462. The second kappa shape index (κ2) is 3.95. The van der Waals surface area contributed by atoms with Crippen LogP contribution in [0.3, 0.4) is 0 Å². The summed E-state index contributed by atoms with van der Waals surface area (Å²) < 4.78 is 31.4. The normalized spacial score (nSPS) is 33.8. The molecule has 14 heavy (non-hydrogen) atoms. The molecule has 1 atom stereocenters. The lowest BCUT2D eigenvalue weighted by molar-refractivity contribution is -0.120. The number of aryl methyl sites for hydroxylation is 1. The van der Waals surface area contributed by atoms with Crippen molar-refractivity contribution in [2.24, 2.45) is 0 Å². The monoisotopic (exact) mass is 192 g/mol. The van der Waals surface area contributed by atoms with Gasteiger partial charge in [0, 0.05) is 18.3 Å². The summed E-state index contributed by atoms with van der Waals surface area (Å²) in [6.07, 6.45) is -4.09. The highest BCUT2D eigenvalue weighted by Crippen LogP contribution is 2.30. The van der Waals surface area contributed by atoms with E-state index in [0.29, 0.717) is 6.42 Å². The number of carbonyl (C=O) groups excluding carboxylic acids is 1. The summed E-state index contributed by atoms with van der Waals surface area (Å²) in [7, 11) is 0. The van der Waals surface area contributed by atoms with Crippen LogP contribution in [0.5, 0.6) is 0 Å². The highest BCUT2D eigenvalue weighted by atomic mass is 16.1. The number of rotatable bonds is 1. The Bertz CT molecular complexity index is 464. The van der Waals surface area contributed by atoms with Gasteiger partial charge in [-0.15, -0.1) is 0 Å². The summed E-state index contributed by atoms with van der Waals surface area (Å²) in [5.41, 5.74) is 1.84. The Morgan fingerprint density at radius 1 is 1.36 bits per heavy atom. The Morgan fingerprint density at radius 3 is 2.79 bits per heavy atom. The van der Waals surface area contributed by atoms with Gasteiger partial charge in [-0.1, -0.05) is 29.8 Å². The average molecular weight is 192 g/mol. The highest BCUT2D eigenvalue weighted by molar-refractivity contribution is 5.79. The van der Waals surface area contributed by atoms with Gasteiger partial charge in [-0.05, 0) is 31.2 Å². The first kappa shape index (κ1) is 5.69. The van der Waals surface area contributed by atoms with Crippen LogP contribution < -0.4 is 0 Å². The van der Waals surface area contributed by atoms with Crippen LogP contribution in [0.15, 0.2) is 24.3 Å². The molecule has 0 spiro atoms. The molecule has 74 valence electrons. The van der Waals surface area contributed by atoms with Gasteiger partial charge in [-0.2, -0.15) is 0 Å². The maximum absolute atomic E-state index is 11.5. The van der Waals surface area contributed by atoms with Gasteiger partial charge >= 0.3 is 0 Å². The van der Waals surface area contributed by atoms with Crippen molar-refractivity contribution in [3.63, 3.8) is 0 Å². The van der Waals surface area contributed by atoms with Gasteiger partial charge in [-0.25, -0.2) is 0 Å². The van der Waals surface area contributed by atoms with E-state index in [1.807, 2.05) is 31.2 Å². The van der Waals surface area contributed by atoms with Crippen LogP contribution in [0.1, 0.15) is 48.1 Å². The zero-order chi connectivity index (χ0) is 13.6. The smallest absolute Gasteiger partial charge is 0.132 e. The summed E-state index contributed by atoms with van der Waals surface area (Å²) in [5, 5.41) is 0. The SMILES string of the molecule is [2H]C1([2H])C(=O)CCC(c2ccc(C)cc2)C1([2H])[2H]. The molecule has 1 aliphatic carbocycles. The molecule has 1 aliphatic rings. The van der Waals surface area contributed by atoms with Crippen molar-refractivity contribution < 1.29 is 10.3 Å². The van der Waals surface area contributed by atoms with Crippen molar-refractivity contribution in [1.29, 1.82) is 0 Å². The van der Waals surface area contributed by atoms with Crippen molar-refractivity contribution in [2.45, 2.75) is 38.4 Å². The van der Waals surface area contributed by atoms with Crippen LogP contribution in [0.4, 0.5) is 0 Å². The number of hydrogen-bond acceptors (Lipinski definition) is 1. The second-order valence-electron chi connectivity index (χ2n) is 3.69. The largest absolute Gasteiger partial charge is 0.300 e. The molecule has 0 aromatic heterocycles. The van der Waals surface area contributed by atoms with E-state index >= 15 is 0 Å². The van der Waals surface area contributed by atoms with Crippen molar-refractivity contribution >= 4 is 5.78 Å². The van der Waals surface area contributed by atoms with E-state index in [1.165, 1.54) is 0 Å². The van der Waals surface area contributed by atoms with Gasteiger partial charge < -0.3 is 0 Å². The molecule has 1 saturated carbocycles. The van der Waals surface area contributed by atoms with Crippen LogP contribution in [-0.4, -0.2) is 5.78 Å². The molecule has 0 aliphatic heterocycles. The first-order valence-electron chi connectivity index (χ1n) is 6.86. The van der Waals surface area contributed by atoms with E-state index in [4.69, 9.17) is 5.48 Å². The minimum atomic E-state index is -2.40. The zero-order valence-corrected chi connectivity index (χ0v) is 8.21. The summed E-state index contributed by atoms with van der Waals surface area (Å²) in [6, 6.07) is 7.42. The molecular formula is C13H16O. The van der Waals surface area contributed by atoms with Crippen molar-refractivity contribution in [3.8, 4) is 0 Å². The van der Waals surface area contributed by atoms with E-state index in [0.717, 1.165) is 11.1 Å². The predicted octanol–water partition coefficient (Wildman–Crippen LogP) is 3.22. The molecule has 1 aromatic carbocycles. The van der Waals surface area contributed by atoms with Gasteiger partial charge in [0.2, 0.25) is 0 Å². The summed E-state index contributed by atoms with van der Waals surface area (Å²) in [4.78, 5) is 11.5. The van der Waals surface area contributed by atoms with Crippen LogP contribution in [0.2, 0.25) is 0 Å². The first-order valence-corrected chi connectivity index (χ1v) is 4.86. The quantitative estimate of drug-likeness (QED) is 0.667. The molecule has 1 fully saturated rings. The minimum Gasteiger partial charge on any atom is -0.300 e. The topological polar surface area (TPSA) is 17.1 Å². The molecule has 0 heterocycles. The van der Waals surface area contributed by atoms with E-state index in [-0.39, 0.29) is 6.42 Å². The minimum absolute atomic E-state index is 0.102. The van der Waals surface area contributed by atoms with Crippen molar-refractivity contribution in [1.82, 2.24) is 0 Å². The van der Waals surface area contributed by atoms with Crippen LogP contribution in [-0.2, 0) is 4.79 Å².